The van der Waals surface area contributed by atoms with E-state index in [1.165, 1.54) is 0 Å². The van der Waals surface area contributed by atoms with Crippen LogP contribution in [0, 0.1) is 11.8 Å². The summed E-state index contributed by atoms with van der Waals surface area (Å²) in [6.45, 7) is 5.50. The van der Waals surface area contributed by atoms with Crippen LogP contribution in [0.3, 0.4) is 0 Å². The van der Waals surface area contributed by atoms with Gasteiger partial charge in [-0.3, -0.25) is 9.69 Å². The topological polar surface area (TPSA) is 93.6 Å². The van der Waals surface area contributed by atoms with Crippen molar-refractivity contribution in [3.63, 3.8) is 0 Å². The number of benzene rings is 1. The highest BCUT2D eigenvalue weighted by molar-refractivity contribution is 5.93. The summed E-state index contributed by atoms with van der Waals surface area (Å²) in [4.78, 5) is 18.7. The highest BCUT2D eigenvalue weighted by Crippen LogP contribution is 2.35. The van der Waals surface area contributed by atoms with E-state index in [1.54, 1.807) is 13.8 Å². The van der Waals surface area contributed by atoms with E-state index in [1.807, 2.05) is 27.7 Å². The Hall–Kier alpha value is -2.89. The molecule has 158 valence electrons. The van der Waals surface area contributed by atoms with Gasteiger partial charge in [-0.25, -0.2) is 9.37 Å². The van der Waals surface area contributed by atoms with E-state index in [2.05, 4.69) is 16.8 Å². The smallest absolute Gasteiger partial charge is 0.269 e. The average Bonchev–Trinajstić information content (AvgIpc) is 3.19. The lowest BCUT2D eigenvalue weighted by Gasteiger charge is -2.17. The number of likely N-dealkylation sites (tertiary alicyclic amines) is 1. The van der Waals surface area contributed by atoms with Gasteiger partial charge < -0.3 is 20.1 Å². The van der Waals surface area contributed by atoms with Gasteiger partial charge in [0.25, 0.3) is 5.91 Å². The maximum absolute atomic E-state index is 13.7. The normalized spacial score (nSPS) is 18.6. The van der Waals surface area contributed by atoms with Crippen molar-refractivity contribution in [1.29, 1.82) is 0 Å². The van der Waals surface area contributed by atoms with Crippen molar-refractivity contribution in [2.75, 3.05) is 19.7 Å². The number of halogens is 1. The van der Waals surface area contributed by atoms with E-state index in [9.17, 15) is 14.3 Å². The number of amides is 1. The molecule has 3 N–H and O–H groups in total. The Bertz CT molecular complexity index is 1050. The maximum atomic E-state index is 13.7. The minimum Gasteiger partial charge on any atom is -0.491 e. The van der Waals surface area contributed by atoms with Crippen LogP contribution in [0.25, 0.3) is 11.4 Å². The number of imidazole rings is 1. The Balaban J connectivity index is 1.79. The number of hydrogen-bond acceptors (Lipinski definition) is 5. The molecule has 0 saturated carbocycles. The van der Waals surface area contributed by atoms with Gasteiger partial charge in [0.15, 0.2) is 5.69 Å². The van der Waals surface area contributed by atoms with Gasteiger partial charge in [0.2, 0.25) is 0 Å². The quantitative estimate of drug-likeness (QED) is 0.749. The fourth-order valence-corrected chi connectivity index (χ4v) is 3.81. The molecule has 0 spiro atoms. The summed E-state index contributed by atoms with van der Waals surface area (Å²) >= 11 is 0. The van der Waals surface area contributed by atoms with Crippen LogP contribution in [0.4, 0.5) is 4.39 Å². The summed E-state index contributed by atoms with van der Waals surface area (Å²) in [6, 6.07) is 5.46. The van der Waals surface area contributed by atoms with Crippen LogP contribution >= 0.6 is 0 Å². The molecule has 2 aliphatic rings. The first kappa shape index (κ1) is 20.4. The number of hydrogen-bond donors (Lipinski definition) is 2. The molecule has 3 heterocycles. The molecule has 0 radical (unpaired) electrons. The van der Waals surface area contributed by atoms with Crippen LogP contribution in [0.5, 0.6) is 5.75 Å². The van der Waals surface area contributed by atoms with Crippen molar-refractivity contribution in [1.82, 2.24) is 14.5 Å². The summed E-state index contributed by atoms with van der Waals surface area (Å²) in [5.74, 6) is 6.36. The summed E-state index contributed by atoms with van der Waals surface area (Å²) in [5.41, 5.74) is 6.78. The van der Waals surface area contributed by atoms with Gasteiger partial charge in [-0.05, 0) is 38.5 Å². The number of aliphatic hydroxyl groups is 1. The minimum absolute atomic E-state index is 0.202. The number of nitrogens with zero attached hydrogens (tertiary/aromatic N) is 3. The van der Waals surface area contributed by atoms with Crippen molar-refractivity contribution < 1.29 is 19.0 Å². The molecule has 8 heteroatoms. The Morgan fingerprint density at radius 3 is 2.90 bits per heavy atom. The maximum Gasteiger partial charge on any atom is 0.269 e. The molecule has 0 unspecified atom stereocenters. The van der Waals surface area contributed by atoms with E-state index in [-0.39, 0.29) is 5.69 Å². The molecule has 1 amide bonds. The number of rotatable bonds is 3. The number of aromatic nitrogens is 2. The zero-order valence-electron chi connectivity index (χ0n) is 17.1. The van der Waals surface area contributed by atoms with Crippen molar-refractivity contribution in [2.45, 2.75) is 45.1 Å². The molecule has 0 aliphatic carbocycles. The SMILES string of the molecule is CC(C)(O)C#Cc1ccc2c(c1)-c1nc(C(N)=O)c(CN3CC[C@@H](F)C3)n1CCO2. The minimum atomic E-state index is -1.11. The van der Waals surface area contributed by atoms with Crippen molar-refractivity contribution in [3.05, 3.63) is 35.2 Å². The third kappa shape index (κ3) is 4.18. The Kier molecular flexibility index (Phi) is 5.26. The molecule has 2 aliphatic heterocycles. The number of nitrogens with two attached hydrogens (primary N) is 1. The first-order valence-corrected chi connectivity index (χ1v) is 9.99. The average molecular weight is 412 g/mol. The van der Waals surface area contributed by atoms with E-state index >= 15 is 0 Å². The van der Waals surface area contributed by atoms with Gasteiger partial charge >= 0.3 is 0 Å². The Morgan fingerprint density at radius 2 is 2.23 bits per heavy atom. The summed E-state index contributed by atoms with van der Waals surface area (Å²) in [6.07, 6.45) is -0.364. The molecule has 2 aromatic rings. The monoisotopic (exact) mass is 412 g/mol. The largest absolute Gasteiger partial charge is 0.491 e. The Morgan fingerprint density at radius 1 is 1.43 bits per heavy atom. The third-order valence-corrected chi connectivity index (χ3v) is 5.20. The zero-order chi connectivity index (χ0) is 21.5. The molecular formula is C22H25FN4O3. The van der Waals surface area contributed by atoms with E-state index in [0.717, 1.165) is 0 Å². The second-order valence-corrected chi connectivity index (χ2v) is 8.24. The van der Waals surface area contributed by atoms with Crippen molar-refractivity contribution in [2.24, 2.45) is 5.73 Å². The molecule has 1 fully saturated rings. The highest BCUT2D eigenvalue weighted by atomic mass is 19.1. The highest BCUT2D eigenvalue weighted by Gasteiger charge is 2.29. The summed E-state index contributed by atoms with van der Waals surface area (Å²) < 4.78 is 21.5. The lowest BCUT2D eigenvalue weighted by Crippen LogP contribution is -2.25. The van der Waals surface area contributed by atoms with E-state index in [4.69, 9.17) is 10.5 Å². The lowest BCUT2D eigenvalue weighted by molar-refractivity contribution is 0.0993. The second-order valence-electron chi connectivity index (χ2n) is 8.24. The molecule has 1 saturated heterocycles. The van der Waals surface area contributed by atoms with Gasteiger partial charge in [0.1, 0.15) is 30.0 Å². The van der Waals surface area contributed by atoms with Gasteiger partial charge in [-0.15, -0.1) is 0 Å². The lowest BCUT2D eigenvalue weighted by atomic mass is 10.1. The van der Waals surface area contributed by atoms with Crippen LogP contribution in [0.15, 0.2) is 18.2 Å². The number of fused-ring (bicyclic) bond motifs is 3. The summed E-state index contributed by atoms with van der Waals surface area (Å²) in [7, 11) is 0. The predicted octanol–water partition coefficient (Wildman–Crippen LogP) is 1.71. The number of alkyl halides is 1. The fourth-order valence-electron chi connectivity index (χ4n) is 3.81. The molecular weight excluding hydrogens is 387 g/mol. The molecule has 1 aromatic carbocycles. The molecule has 0 bridgehead atoms. The van der Waals surface area contributed by atoms with Crippen molar-refractivity contribution in [3.8, 4) is 29.0 Å². The molecule has 4 rings (SSSR count). The van der Waals surface area contributed by atoms with Crippen LogP contribution in [0.1, 0.15) is 42.0 Å². The number of primary amides is 1. The van der Waals surface area contributed by atoms with Crippen molar-refractivity contribution >= 4 is 5.91 Å². The standard InChI is InChI=1S/C22H25FN4O3/c1-22(2,29)7-5-14-3-4-18-16(11-14)21-25-19(20(24)28)17(27(21)9-10-30-18)13-26-8-6-15(23)12-26/h3-4,11,15,29H,6,8-10,12-13H2,1-2H3,(H2,24,28)/t15-/m1/s1. The van der Waals surface area contributed by atoms with Gasteiger partial charge in [-0.2, -0.15) is 0 Å². The summed E-state index contributed by atoms with van der Waals surface area (Å²) in [5, 5.41) is 9.88. The van der Waals surface area contributed by atoms with Crippen LogP contribution in [0.2, 0.25) is 0 Å². The number of ether oxygens (including phenoxy) is 1. The molecule has 1 atom stereocenters. The van der Waals surface area contributed by atoms with Gasteiger partial charge in [-0.1, -0.05) is 11.8 Å². The van der Waals surface area contributed by atoms with Crippen LogP contribution in [-0.4, -0.2) is 56.9 Å². The second kappa shape index (κ2) is 7.74. The van der Waals surface area contributed by atoms with E-state index < -0.39 is 17.7 Å². The fraction of sp³-hybridized carbons (Fsp3) is 0.455. The number of carbonyl (C=O) groups is 1. The Labute approximate surface area is 174 Å². The first-order chi connectivity index (χ1) is 14.2. The van der Waals surface area contributed by atoms with Crippen LogP contribution < -0.4 is 10.5 Å². The van der Waals surface area contributed by atoms with Crippen LogP contribution in [-0.2, 0) is 13.1 Å². The molecule has 7 nitrogen and oxygen atoms in total. The number of carbonyl (C=O) groups excluding carboxylic acids is 1. The predicted molar refractivity (Wildman–Crippen MR) is 110 cm³/mol. The zero-order valence-corrected chi connectivity index (χ0v) is 17.1. The van der Waals surface area contributed by atoms with Gasteiger partial charge in [0, 0.05) is 25.2 Å². The molecule has 1 aromatic heterocycles. The third-order valence-electron chi connectivity index (χ3n) is 5.20. The molecule has 30 heavy (non-hydrogen) atoms. The van der Waals surface area contributed by atoms with Gasteiger partial charge in [0.05, 0.1) is 17.8 Å². The first-order valence-electron chi connectivity index (χ1n) is 9.99. The van der Waals surface area contributed by atoms with E-state index in [0.29, 0.717) is 67.6 Å².